The minimum absolute atomic E-state index is 0.148. The molecule has 1 N–H and O–H groups in total. The van der Waals surface area contributed by atoms with Crippen molar-refractivity contribution in [3.63, 3.8) is 0 Å². The Labute approximate surface area is 122 Å². The second kappa shape index (κ2) is 9.42. The van der Waals surface area contributed by atoms with Crippen LogP contribution in [0.15, 0.2) is 30.9 Å². The van der Waals surface area contributed by atoms with Gasteiger partial charge in [-0.2, -0.15) is 0 Å². The van der Waals surface area contributed by atoms with E-state index in [1.807, 2.05) is 6.92 Å². The van der Waals surface area contributed by atoms with Gasteiger partial charge in [0.05, 0.1) is 22.7 Å². The van der Waals surface area contributed by atoms with Crippen LogP contribution in [0.3, 0.4) is 0 Å². The molecule has 0 aliphatic carbocycles. The maximum atomic E-state index is 11.6. The Morgan fingerprint density at radius 2 is 1.84 bits per heavy atom. The Hall–Kier alpha value is -1.52. The van der Waals surface area contributed by atoms with Crippen molar-refractivity contribution in [2.45, 2.75) is 6.92 Å². The van der Waals surface area contributed by atoms with E-state index >= 15 is 0 Å². The van der Waals surface area contributed by atoms with E-state index in [1.165, 1.54) is 7.11 Å². The van der Waals surface area contributed by atoms with Gasteiger partial charge in [-0.05, 0) is 19.1 Å². The molecule has 0 bridgehead atoms. The molecule has 1 amide bonds. The van der Waals surface area contributed by atoms with Crippen molar-refractivity contribution in [1.29, 1.82) is 0 Å². The number of carbonyl (C=O) groups is 2. The van der Waals surface area contributed by atoms with Gasteiger partial charge < -0.3 is 10.1 Å². The molecule has 1 aromatic rings. The predicted molar refractivity (Wildman–Crippen MR) is 76.7 cm³/mol. The van der Waals surface area contributed by atoms with Crippen LogP contribution in [-0.2, 0) is 9.53 Å². The molecule has 0 saturated heterocycles. The molecule has 0 saturated carbocycles. The minimum atomic E-state index is -0.545. The number of benzene rings is 1. The number of halogens is 2. The molecule has 4 nitrogen and oxygen atoms in total. The van der Waals surface area contributed by atoms with Crippen LogP contribution in [-0.4, -0.2) is 25.5 Å². The Morgan fingerprint density at radius 1 is 1.37 bits per heavy atom. The van der Waals surface area contributed by atoms with Crippen LogP contribution in [0.2, 0.25) is 10.0 Å². The summed E-state index contributed by atoms with van der Waals surface area (Å²) < 4.78 is 4.38. The van der Waals surface area contributed by atoms with Crippen LogP contribution < -0.4 is 5.32 Å². The van der Waals surface area contributed by atoms with Crippen molar-refractivity contribution in [2.75, 3.05) is 13.7 Å². The Bertz CT molecular complexity index is 441. The highest BCUT2D eigenvalue weighted by Crippen LogP contribution is 2.23. The molecular formula is C13H15Cl2NO3. The van der Waals surface area contributed by atoms with E-state index in [2.05, 4.69) is 16.6 Å². The van der Waals surface area contributed by atoms with Gasteiger partial charge in [0.15, 0.2) is 0 Å². The molecule has 19 heavy (non-hydrogen) atoms. The fourth-order valence-corrected chi connectivity index (χ4v) is 1.60. The first kappa shape index (κ1) is 17.5. The molecule has 0 fully saturated rings. The molecule has 0 spiro atoms. The largest absolute Gasteiger partial charge is 0.468 e. The first-order valence-corrected chi connectivity index (χ1v) is 6.09. The maximum Gasteiger partial charge on any atom is 0.325 e. The first-order valence-electron chi connectivity index (χ1n) is 5.34. The van der Waals surface area contributed by atoms with E-state index < -0.39 is 11.9 Å². The number of ether oxygens (including phenoxy) is 1. The Morgan fingerprint density at radius 3 is 2.26 bits per heavy atom. The third-order valence-electron chi connectivity index (χ3n) is 1.81. The monoisotopic (exact) mass is 303 g/mol. The normalized spacial score (nSPS) is 8.84. The Kier molecular flexibility index (Phi) is 8.66. The summed E-state index contributed by atoms with van der Waals surface area (Å²) in [6, 6.07) is 4.71. The number of carbonyl (C=O) groups excluding carboxylic acids is 2. The number of esters is 1. The fraction of sp³-hybridized carbons (Fsp3) is 0.231. The van der Waals surface area contributed by atoms with Gasteiger partial charge in [0.1, 0.15) is 6.54 Å². The van der Waals surface area contributed by atoms with E-state index in [9.17, 15) is 9.59 Å². The van der Waals surface area contributed by atoms with Gasteiger partial charge in [-0.25, -0.2) is 0 Å². The van der Waals surface area contributed by atoms with Crippen molar-refractivity contribution in [3.8, 4) is 0 Å². The van der Waals surface area contributed by atoms with E-state index in [-0.39, 0.29) is 22.2 Å². The molecule has 104 valence electrons. The number of nitrogens with one attached hydrogen (secondary N) is 1. The lowest BCUT2D eigenvalue weighted by atomic mass is 10.2. The second-order valence-corrected chi connectivity index (χ2v) is 4.08. The van der Waals surface area contributed by atoms with Crippen LogP contribution in [0.25, 0.3) is 0 Å². The van der Waals surface area contributed by atoms with Crippen LogP contribution >= 0.6 is 23.2 Å². The van der Waals surface area contributed by atoms with Gasteiger partial charge in [0.25, 0.3) is 5.91 Å². The van der Waals surface area contributed by atoms with Gasteiger partial charge in [-0.15, -0.1) is 6.58 Å². The summed E-state index contributed by atoms with van der Waals surface area (Å²) in [6.45, 7) is 5.02. The molecule has 0 heterocycles. The summed E-state index contributed by atoms with van der Waals surface area (Å²) in [5, 5.41) is 2.81. The summed E-state index contributed by atoms with van der Waals surface area (Å²) in [6.07, 6.45) is 1.75. The highest BCUT2D eigenvalue weighted by atomic mass is 35.5. The third kappa shape index (κ3) is 6.27. The molecule has 6 heteroatoms. The SMILES string of the molecule is C=CC.COC(=O)CNC(=O)c1c(Cl)cccc1Cl. The third-order valence-corrected chi connectivity index (χ3v) is 2.44. The highest BCUT2D eigenvalue weighted by molar-refractivity contribution is 6.39. The number of allylic oxidation sites excluding steroid dienone is 1. The molecule has 0 aliphatic heterocycles. The first-order chi connectivity index (χ1) is 8.97. The number of hydrogen-bond donors (Lipinski definition) is 1. The van der Waals surface area contributed by atoms with E-state index in [4.69, 9.17) is 23.2 Å². The topological polar surface area (TPSA) is 55.4 Å². The molecular weight excluding hydrogens is 289 g/mol. The fourth-order valence-electron chi connectivity index (χ4n) is 1.03. The van der Waals surface area contributed by atoms with E-state index in [0.717, 1.165) is 0 Å². The number of rotatable bonds is 3. The summed E-state index contributed by atoms with van der Waals surface area (Å²) in [4.78, 5) is 22.4. The quantitative estimate of drug-likeness (QED) is 0.689. The average molecular weight is 304 g/mol. The zero-order valence-corrected chi connectivity index (χ0v) is 12.2. The van der Waals surface area contributed by atoms with Crippen molar-refractivity contribution >= 4 is 35.1 Å². The van der Waals surface area contributed by atoms with Gasteiger partial charge in [-0.3, -0.25) is 9.59 Å². The van der Waals surface area contributed by atoms with Crippen LogP contribution in [0.4, 0.5) is 0 Å². The summed E-state index contributed by atoms with van der Waals surface area (Å²) in [7, 11) is 1.23. The smallest absolute Gasteiger partial charge is 0.325 e. The van der Waals surface area contributed by atoms with Gasteiger partial charge in [-0.1, -0.05) is 35.3 Å². The summed E-state index contributed by atoms with van der Waals surface area (Å²) in [5.41, 5.74) is 0.148. The van der Waals surface area contributed by atoms with Crippen LogP contribution in [0.1, 0.15) is 17.3 Å². The highest BCUT2D eigenvalue weighted by Gasteiger charge is 2.14. The molecule has 0 aliphatic rings. The van der Waals surface area contributed by atoms with Crippen molar-refractivity contribution in [2.24, 2.45) is 0 Å². The van der Waals surface area contributed by atoms with Gasteiger partial charge >= 0.3 is 5.97 Å². The molecule has 1 aromatic carbocycles. The standard InChI is InChI=1S/C10H9Cl2NO3.C3H6/c1-16-8(14)5-13-10(15)9-6(11)3-2-4-7(9)12;1-3-2/h2-4H,5H2,1H3,(H,13,15);3H,1H2,2H3. The number of methoxy groups -OCH3 is 1. The lowest BCUT2D eigenvalue weighted by Gasteiger charge is -2.07. The lowest BCUT2D eigenvalue weighted by Crippen LogP contribution is -2.30. The average Bonchev–Trinajstić information content (AvgIpc) is 2.36. The van der Waals surface area contributed by atoms with E-state index in [0.29, 0.717) is 0 Å². The van der Waals surface area contributed by atoms with Gasteiger partial charge in [0.2, 0.25) is 0 Å². The number of hydrogen-bond acceptors (Lipinski definition) is 3. The van der Waals surface area contributed by atoms with Crippen molar-refractivity contribution < 1.29 is 14.3 Å². The van der Waals surface area contributed by atoms with Crippen molar-refractivity contribution in [3.05, 3.63) is 46.5 Å². The second-order valence-electron chi connectivity index (χ2n) is 3.26. The lowest BCUT2D eigenvalue weighted by molar-refractivity contribution is -0.139. The maximum absolute atomic E-state index is 11.6. The molecule has 1 rings (SSSR count). The van der Waals surface area contributed by atoms with Crippen molar-refractivity contribution in [1.82, 2.24) is 5.32 Å². The molecule has 0 aromatic heterocycles. The molecule has 0 radical (unpaired) electrons. The molecule has 0 atom stereocenters. The predicted octanol–water partition coefficient (Wildman–Crippen LogP) is 3.09. The Balaban J connectivity index is 0.000000982. The van der Waals surface area contributed by atoms with Crippen LogP contribution in [0, 0.1) is 0 Å². The zero-order valence-electron chi connectivity index (χ0n) is 10.7. The molecule has 0 unspecified atom stereocenters. The summed E-state index contributed by atoms with van der Waals surface area (Å²) >= 11 is 11.6. The van der Waals surface area contributed by atoms with E-state index in [1.54, 1.807) is 24.3 Å². The van der Waals surface area contributed by atoms with Crippen LogP contribution in [0.5, 0.6) is 0 Å². The summed E-state index contributed by atoms with van der Waals surface area (Å²) in [5.74, 6) is -1.06. The minimum Gasteiger partial charge on any atom is -0.468 e. The zero-order chi connectivity index (χ0) is 14.8. The van der Waals surface area contributed by atoms with Gasteiger partial charge in [0, 0.05) is 0 Å². The number of amides is 1.